The normalized spacial score (nSPS) is 11.5. The Balaban J connectivity index is 1.58. The van der Waals surface area contributed by atoms with Gasteiger partial charge >= 0.3 is 0 Å². The Bertz CT molecular complexity index is 1380. The summed E-state index contributed by atoms with van der Waals surface area (Å²) >= 11 is 14.3. The first kappa shape index (κ1) is 26.3. The summed E-state index contributed by atoms with van der Waals surface area (Å²) in [5.41, 5.74) is 4.92. The van der Waals surface area contributed by atoms with Crippen LogP contribution < -0.4 is 5.32 Å². The van der Waals surface area contributed by atoms with Crippen LogP contribution in [0.1, 0.15) is 53.6 Å². The van der Waals surface area contributed by atoms with Gasteiger partial charge in [0.1, 0.15) is 0 Å². The summed E-state index contributed by atoms with van der Waals surface area (Å²) in [7, 11) is 0. The molecular weight excluding hydrogens is 511 g/mol. The zero-order chi connectivity index (χ0) is 25.9. The van der Waals surface area contributed by atoms with Crippen LogP contribution >= 0.6 is 35.0 Å². The van der Waals surface area contributed by atoms with E-state index in [2.05, 4.69) is 55.3 Å². The van der Waals surface area contributed by atoms with Crippen LogP contribution in [0.5, 0.6) is 0 Å². The number of halogens is 2. The van der Waals surface area contributed by atoms with Gasteiger partial charge in [0.05, 0.1) is 17.3 Å². The zero-order valence-corrected chi connectivity index (χ0v) is 23.0. The lowest BCUT2D eigenvalue weighted by Crippen LogP contribution is -2.25. The lowest BCUT2D eigenvalue weighted by atomic mass is 9.87. The lowest BCUT2D eigenvalue weighted by molar-refractivity contribution is 0.0949. The van der Waals surface area contributed by atoms with Crippen LogP contribution in [-0.2, 0) is 17.7 Å². The molecule has 0 fully saturated rings. The van der Waals surface area contributed by atoms with E-state index in [1.807, 2.05) is 47.0 Å². The molecule has 36 heavy (non-hydrogen) atoms. The number of thioether (sulfide) groups is 1. The van der Waals surface area contributed by atoms with E-state index >= 15 is 0 Å². The van der Waals surface area contributed by atoms with Crippen molar-refractivity contribution in [1.82, 2.24) is 20.1 Å². The van der Waals surface area contributed by atoms with Gasteiger partial charge in [-0.15, -0.1) is 10.2 Å². The summed E-state index contributed by atoms with van der Waals surface area (Å²) in [4.78, 5) is 12.9. The van der Waals surface area contributed by atoms with Crippen molar-refractivity contribution in [1.29, 1.82) is 0 Å². The van der Waals surface area contributed by atoms with Crippen molar-refractivity contribution in [2.24, 2.45) is 0 Å². The molecular formula is C28H28Cl2N4OS. The number of amides is 1. The second kappa shape index (κ2) is 11.1. The Labute approximate surface area is 226 Å². The molecule has 4 rings (SSSR count). The van der Waals surface area contributed by atoms with Crippen LogP contribution in [0.2, 0.25) is 10.0 Å². The molecule has 3 aromatic carbocycles. The van der Waals surface area contributed by atoms with Crippen molar-refractivity contribution in [2.75, 3.05) is 0 Å². The third kappa shape index (κ3) is 6.12. The van der Waals surface area contributed by atoms with Crippen LogP contribution in [0.4, 0.5) is 0 Å². The second-order valence-corrected chi connectivity index (χ2v) is 11.3. The first-order valence-electron chi connectivity index (χ1n) is 11.6. The largest absolute Gasteiger partial charge is 0.345 e. The van der Waals surface area contributed by atoms with Gasteiger partial charge in [-0.1, -0.05) is 92.1 Å². The first-order valence-corrected chi connectivity index (χ1v) is 13.3. The predicted molar refractivity (Wildman–Crippen MR) is 148 cm³/mol. The number of hydrogen-bond acceptors (Lipinski definition) is 4. The van der Waals surface area contributed by atoms with E-state index in [0.29, 0.717) is 32.3 Å². The SMILES string of the molecule is Cc1ccccc1CSc1nnc(CNC(=O)c2ccc(C(C)(C)C)cc2)n1-c1ccc(Cl)cc1Cl. The van der Waals surface area contributed by atoms with E-state index in [1.165, 1.54) is 16.7 Å². The number of nitrogens with one attached hydrogen (secondary N) is 1. The molecule has 4 aromatic rings. The third-order valence-electron chi connectivity index (χ3n) is 5.89. The maximum absolute atomic E-state index is 12.9. The monoisotopic (exact) mass is 538 g/mol. The minimum Gasteiger partial charge on any atom is -0.345 e. The number of rotatable bonds is 7. The molecule has 1 N–H and O–H groups in total. The summed E-state index contributed by atoms with van der Waals surface area (Å²) < 4.78 is 1.88. The van der Waals surface area contributed by atoms with E-state index in [-0.39, 0.29) is 17.9 Å². The molecule has 0 unspecified atom stereocenters. The molecule has 186 valence electrons. The number of hydrogen-bond donors (Lipinski definition) is 1. The van der Waals surface area contributed by atoms with Gasteiger partial charge in [-0.3, -0.25) is 9.36 Å². The van der Waals surface area contributed by atoms with Crippen LogP contribution in [0.25, 0.3) is 5.69 Å². The van der Waals surface area contributed by atoms with Crippen LogP contribution in [-0.4, -0.2) is 20.7 Å². The molecule has 0 aliphatic heterocycles. The van der Waals surface area contributed by atoms with Gasteiger partial charge in [-0.2, -0.15) is 0 Å². The first-order chi connectivity index (χ1) is 17.1. The molecule has 0 saturated heterocycles. The molecule has 0 aliphatic rings. The van der Waals surface area contributed by atoms with Crippen molar-refractivity contribution < 1.29 is 4.79 Å². The van der Waals surface area contributed by atoms with Gasteiger partial charge in [0.25, 0.3) is 5.91 Å². The highest BCUT2D eigenvalue weighted by Gasteiger charge is 2.19. The third-order valence-corrected chi connectivity index (χ3v) is 7.40. The fourth-order valence-corrected chi connectivity index (χ4v) is 5.24. The maximum atomic E-state index is 12.9. The van der Waals surface area contributed by atoms with Gasteiger partial charge < -0.3 is 5.32 Å². The highest BCUT2D eigenvalue weighted by atomic mass is 35.5. The van der Waals surface area contributed by atoms with Crippen molar-refractivity contribution in [3.05, 3.63) is 105 Å². The maximum Gasteiger partial charge on any atom is 0.251 e. The molecule has 0 atom stereocenters. The summed E-state index contributed by atoms with van der Waals surface area (Å²) in [6.07, 6.45) is 0. The summed E-state index contributed by atoms with van der Waals surface area (Å²) in [6, 6.07) is 21.2. The van der Waals surface area contributed by atoms with Gasteiger partial charge in [0, 0.05) is 16.3 Å². The topological polar surface area (TPSA) is 59.8 Å². The van der Waals surface area contributed by atoms with Crippen molar-refractivity contribution in [2.45, 2.75) is 50.6 Å². The van der Waals surface area contributed by atoms with E-state index in [9.17, 15) is 4.79 Å². The van der Waals surface area contributed by atoms with Crippen LogP contribution in [0, 0.1) is 6.92 Å². The van der Waals surface area contributed by atoms with E-state index in [0.717, 1.165) is 5.75 Å². The summed E-state index contributed by atoms with van der Waals surface area (Å²) in [5, 5.41) is 13.5. The van der Waals surface area contributed by atoms with Crippen LogP contribution in [0.3, 0.4) is 0 Å². The minimum atomic E-state index is -0.179. The standard InChI is InChI=1S/C28H28Cl2N4OS/c1-18-7-5-6-8-20(18)17-36-27-33-32-25(34(27)24-14-13-22(29)15-23(24)30)16-31-26(35)19-9-11-21(12-10-19)28(2,3)4/h5-15H,16-17H2,1-4H3,(H,31,35). The average molecular weight is 540 g/mol. The van der Waals surface area contributed by atoms with Crippen molar-refractivity contribution >= 4 is 40.9 Å². The molecule has 1 amide bonds. The number of nitrogens with zero attached hydrogens (tertiary/aromatic N) is 3. The van der Waals surface area contributed by atoms with Gasteiger partial charge in [0.2, 0.25) is 0 Å². The highest BCUT2D eigenvalue weighted by molar-refractivity contribution is 7.98. The molecule has 1 heterocycles. The number of aromatic nitrogens is 3. The van der Waals surface area contributed by atoms with Gasteiger partial charge in [-0.25, -0.2) is 0 Å². The highest BCUT2D eigenvalue weighted by Crippen LogP contribution is 2.31. The van der Waals surface area contributed by atoms with E-state index < -0.39 is 0 Å². The minimum absolute atomic E-state index is 0.0234. The Morgan fingerprint density at radius 3 is 2.39 bits per heavy atom. The zero-order valence-electron chi connectivity index (χ0n) is 20.7. The van der Waals surface area contributed by atoms with Gasteiger partial charge in [0.15, 0.2) is 11.0 Å². The summed E-state index contributed by atoms with van der Waals surface area (Å²) in [6.45, 7) is 8.71. The van der Waals surface area contributed by atoms with E-state index in [1.54, 1.807) is 23.9 Å². The number of aryl methyl sites for hydroxylation is 1. The lowest BCUT2D eigenvalue weighted by Gasteiger charge is -2.19. The number of carbonyl (C=O) groups excluding carboxylic acids is 1. The average Bonchev–Trinajstić information content (AvgIpc) is 3.24. The molecule has 8 heteroatoms. The predicted octanol–water partition coefficient (Wildman–Crippen LogP) is 7.40. The van der Waals surface area contributed by atoms with E-state index in [4.69, 9.17) is 23.2 Å². The molecule has 0 aliphatic carbocycles. The molecule has 5 nitrogen and oxygen atoms in total. The Morgan fingerprint density at radius 1 is 1.00 bits per heavy atom. The van der Waals surface area contributed by atoms with Crippen molar-refractivity contribution in [3.63, 3.8) is 0 Å². The fraction of sp³-hybridized carbons (Fsp3) is 0.250. The Morgan fingerprint density at radius 2 is 1.72 bits per heavy atom. The smallest absolute Gasteiger partial charge is 0.251 e. The molecule has 0 spiro atoms. The number of carbonyl (C=O) groups is 1. The molecule has 1 aromatic heterocycles. The van der Waals surface area contributed by atoms with Gasteiger partial charge in [-0.05, 0) is 59.4 Å². The molecule has 0 radical (unpaired) electrons. The van der Waals surface area contributed by atoms with Crippen molar-refractivity contribution in [3.8, 4) is 5.69 Å². The van der Waals surface area contributed by atoms with Crippen LogP contribution in [0.15, 0.2) is 71.9 Å². The Hall–Kier alpha value is -2.80. The fourth-order valence-electron chi connectivity index (χ4n) is 3.71. The molecule has 0 bridgehead atoms. The second-order valence-electron chi connectivity index (χ2n) is 9.56. The number of benzene rings is 3. The summed E-state index contributed by atoms with van der Waals surface area (Å²) in [5.74, 6) is 1.12. The molecule has 0 saturated carbocycles. The Kier molecular flexibility index (Phi) is 8.08. The quantitative estimate of drug-likeness (QED) is 0.249.